The Labute approximate surface area is 172 Å². The van der Waals surface area contributed by atoms with Crippen LogP contribution in [0.4, 0.5) is 0 Å². The van der Waals surface area contributed by atoms with Gasteiger partial charge in [0.05, 0.1) is 0 Å². The Morgan fingerprint density at radius 1 is 0.828 bits per heavy atom. The van der Waals surface area contributed by atoms with Crippen LogP contribution in [-0.2, 0) is 19.0 Å². The molecule has 0 amide bonds. The first kappa shape index (κ1) is 21.3. The predicted octanol–water partition coefficient (Wildman–Crippen LogP) is 4.69. The molecule has 0 saturated heterocycles. The first-order chi connectivity index (χ1) is 13.8. The number of benzene rings is 2. The molecule has 0 saturated carbocycles. The number of oxime groups is 1. The number of hydrogen-bond acceptors (Lipinski definition) is 6. The minimum absolute atomic E-state index is 0.423. The second-order valence-electron chi connectivity index (χ2n) is 7.76. The van der Waals surface area contributed by atoms with Gasteiger partial charge in [-0.3, -0.25) is 0 Å². The van der Waals surface area contributed by atoms with Gasteiger partial charge in [-0.1, -0.05) is 47.6 Å². The van der Waals surface area contributed by atoms with Gasteiger partial charge in [-0.2, -0.15) is 0 Å². The predicted molar refractivity (Wildman–Crippen MR) is 111 cm³/mol. The van der Waals surface area contributed by atoms with Gasteiger partial charge in [0.2, 0.25) is 5.79 Å². The van der Waals surface area contributed by atoms with E-state index in [4.69, 9.17) is 23.8 Å². The first-order valence-corrected chi connectivity index (χ1v) is 9.61. The van der Waals surface area contributed by atoms with Crippen molar-refractivity contribution < 1.29 is 23.8 Å². The molecule has 0 bridgehead atoms. The highest BCUT2D eigenvalue weighted by Crippen LogP contribution is 2.39. The highest BCUT2D eigenvalue weighted by atomic mass is 16.8. The molecule has 6 nitrogen and oxygen atoms in total. The van der Waals surface area contributed by atoms with Crippen molar-refractivity contribution in [3.05, 3.63) is 65.7 Å². The molecule has 2 atom stereocenters. The van der Waals surface area contributed by atoms with Gasteiger partial charge in [0.15, 0.2) is 11.9 Å². The molecule has 0 N–H and O–H groups in total. The van der Waals surface area contributed by atoms with E-state index in [1.807, 2.05) is 68.4 Å². The second-order valence-corrected chi connectivity index (χ2v) is 7.76. The Morgan fingerprint density at radius 2 is 1.45 bits per heavy atom. The van der Waals surface area contributed by atoms with E-state index in [-0.39, 0.29) is 0 Å². The molecule has 0 radical (unpaired) electrons. The van der Waals surface area contributed by atoms with Crippen molar-refractivity contribution >= 4 is 5.71 Å². The van der Waals surface area contributed by atoms with Crippen LogP contribution in [-0.4, -0.2) is 37.6 Å². The van der Waals surface area contributed by atoms with E-state index < -0.39 is 23.8 Å². The Hall–Kier alpha value is -2.41. The van der Waals surface area contributed by atoms with Gasteiger partial charge in [-0.25, -0.2) is 0 Å². The largest absolute Gasteiger partial charge is 0.482 e. The van der Waals surface area contributed by atoms with Gasteiger partial charge in [0, 0.05) is 33.6 Å². The lowest BCUT2D eigenvalue weighted by atomic mass is 9.92. The summed E-state index contributed by atoms with van der Waals surface area (Å²) in [5.74, 6) is -1.02. The van der Waals surface area contributed by atoms with Crippen molar-refractivity contribution in [3.63, 3.8) is 0 Å². The van der Waals surface area contributed by atoms with Crippen molar-refractivity contribution in [1.29, 1.82) is 0 Å². The molecule has 2 aromatic rings. The van der Waals surface area contributed by atoms with Gasteiger partial charge in [-0.05, 0) is 31.5 Å². The van der Waals surface area contributed by atoms with Gasteiger partial charge >= 0.3 is 0 Å². The molecule has 6 heteroatoms. The smallest absolute Gasteiger partial charge is 0.230 e. The third-order valence-corrected chi connectivity index (χ3v) is 4.85. The molecule has 3 rings (SSSR count). The Bertz CT molecular complexity index is 847. The maximum atomic E-state index is 6.36. The third kappa shape index (κ3) is 4.96. The average Bonchev–Trinajstić information content (AvgIpc) is 2.73. The van der Waals surface area contributed by atoms with Crippen molar-refractivity contribution in [2.75, 3.05) is 14.2 Å². The van der Waals surface area contributed by atoms with Crippen LogP contribution < -0.4 is 4.74 Å². The number of methoxy groups -OCH3 is 2. The quantitative estimate of drug-likeness (QED) is 0.499. The average molecular weight is 399 g/mol. The summed E-state index contributed by atoms with van der Waals surface area (Å²) in [6.45, 7) is 7.30. The zero-order valence-corrected chi connectivity index (χ0v) is 17.8. The van der Waals surface area contributed by atoms with Gasteiger partial charge in [-0.15, -0.1) is 0 Å². The molecule has 0 fully saturated rings. The molecule has 1 heterocycles. The lowest BCUT2D eigenvalue weighted by molar-refractivity contribution is -0.226. The molecule has 0 unspecified atom stereocenters. The SMILES string of the molecule is COC(C)(C)O/N=C1\c2ccccc2O[C@H](c2ccccc2)[C@H]1OC(C)(C)OC. The van der Waals surface area contributed by atoms with Crippen LogP contribution in [0.5, 0.6) is 5.75 Å². The minimum atomic E-state index is -0.885. The van der Waals surface area contributed by atoms with E-state index >= 15 is 0 Å². The fourth-order valence-corrected chi connectivity index (χ4v) is 2.93. The fraction of sp³-hybridized carbons (Fsp3) is 0.435. The monoisotopic (exact) mass is 399 g/mol. The van der Waals surface area contributed by atoms with Crippen molar-refractivity contribution in [2.24, 2.45) is 5.16 Å². The van der Waals surface area contributed by atoms with E-state index in [2.05, 4.69) is 5.16 Å². The first-order valence-electron chi connectivity index (χ1n) is 9.61. The van der Waals surface area contributed by atoms with E-state index in [0.29, 0.717) is 11.5 Å². The molecule has 2 aromatic carbocycles. The molecule has 0 spiro atoms. The maximum absolute atomic E-state index is 6.36. The molecule has 0 aromatic heterocycles. The number of fused-ring (bicyclic) bond motifs is 1. The molecule has 0 aliphatic carbocycles. The van der Waals surface area contributed by atoms with Gasteiger partial charge in [0.1, 0.15) is 17.6 Å². The van der Waals surface area contributed by atoms with E-state index in [1.165, 1.54) is 0 Å². The topological polar surface area (TPSA) is 58.5 Å². The van der Waals surface area contributed by atoms with Crippen LogP contribution in [0, 0.1) is 0 Å². The Kier molecular flexibility index (Phi) is 6.27. The fourth-order valence-electron chi connectivity index (χ4n) is 2.93. The van der Waals surface area contributed by atoms with Crippen molar-refractivity contribution in [2.45, 2.75) is 51.5 Å². The molecular weight excluding hydrogens is 370 g/mol. The summed E-state index contributed by atoms with van der Waals surface area (Å²) < 4.78 is 23.6. The number of para-hydroxylation sites is 1. The van der Waals surface area contributed by atoms with Gasteiger partial charge in [0.25, 0.3) is 0 Å². The molecule has 156 valence electrons. The van der Waals surface area contributed by atoms with Crippen molar-refractivity contribution in [1.82, 2.24) is 0 Å². The zero-order chi connectivity index (χ0) is 21.1. The summed E-state index contributed by atoms with van der Waals surface area (Å²) in [4.78, 5) is 5.73. The van der Waals surface area contributed by atoms with Gasteiger partial charge < -0.3 is 23.8 Å². The van der Waals surface area contributed by atoms with E-state index in [1.54, 1.807) is 28.1 Å². The Balaban J connectivity index is 2.12. The molecule has 1 aliphatic rings. The summed E-state index contributed by atoms with van der Waals surface area (Å²) >= 11 is 0. The molecule has 1 aliphatic heterocycles. The second kappa shape index (κ2) is 8.53. The number of nitrogens with zero attached hydrogens (tertiary/aromatic N) is 1. The molecular formula is C23H29NO5. The lowest BCUT2D eigenvalue weighted by Gasteiger charge is -2.38. The van der Waals surface area contributed by atoms with Crippen LogP contribution in [0.1, 0.15) is 44.9 Å². The van der Waals surface area contributed by atoms with Crippen LogP contribution in [0.25, 0.3) is 0 Å². The van der Waals surface area contributed by atoms with Crippen molar-refractivity contribution in [3.8, 4) is 5.75 Å². The summed E-state index contributed by atoms with van der Waals surface area (Å²) in [6, 6.07) is 17.6. The van der Waals surface area contributed by atoms with E-state index in [0.717, 1.165) is 11.1 Å². The van der Waals surface area contributed by atoms with Crippen LogP contribution in [0.2, 0.25) is 0 Å². The zero-order valence-electron chi connectivity index (χ0n) is 17.8. The standard InChI is InChI=1S/C23H29NO5/c1-22(2,25-5)28-21-19(24-29-23(3,4)26-6)17-14-10-11-15-18(17)27-20(21)16-12-8-7-9-13-16/h7-15,20-21H,1-6H3/b24-19+/t20-,21+/m1/s1. The van der Waals surface area contributed by atoms with E-state index in [9.17, 15) is 0 Å². The van der Waals surface area contributed by atoms with Crippen LogP contribution >= 0.6 is 0 Å². The number of hydrogen-bond donors (Lipinski definition) is 0. The maximum Gasteiger partial charge on any atom is 0.230 e. The number of ether oxygens (including phenoxy) is 4. The lowest BCUT2D eigenvalue weighted by Crippen LogP contribution is -2.45. The molecule has 29 heavy (non-hydrogen) atoms. The van der Waals surface area contributed by atoms with Crippen LogP contribution in [0.3, 0.4) is 0 Å². The highest BCUT2D eigenvalue weighted by Gasteiger charge is 2.41. The summed E-state index contributed by atoms with van der Waals surface area (Å²) in [6.07, 6.45) is -0.983. The summed E-state index contributed by atoms with van der Waals surface area (Å²) in [5.41, 5.74) is 2.40. The summed E-state index contributed by atoms with van der Waals surface area (Å²) in [5, 5.41) is 4.47. The minimum Gasteiger partial charge on any atom is -0.482 e. The number of rotatable bonds is 7. The highest BCUT2D eigenvalue weighted by molar-refractivity contribution is 6.07. The third-order valence-electron chi connectivity index (χ3n) is 4.85. The Morgan fingerprint density at radius 3 is 2.10 bits per heavy atom. The normalized spacial score (nSPS) is 20.8. The van der Waals surface area contributed by atoms with Crippen LogP contribution in [0.15, 0.2) is 59.8 Å². The summed E-state index contributed by atoms with van der Waals surface area (Å²) in [7, 11) is 3.18.